The fourth-order valence-electron chi connectivity index (χ4n) is 1.50. The molecule has 0 saturated carbocycles. The van der Waals surface area contributed by atoms with Crippen molar-refractivity contribution in [1.29, 1.82) is 0 Å². The molecule has 1 aromatic carbocycles. The summed E-state index contributed by atoms with van der Waals surface area (Å²) in [7, 11) is 1.62. The zero-order valence-corrected chi connectivity index (χ0v) is 11.4. The van der Waals surface area contributed by atoms with Gasteiger partial charge in [-0.15, -0.1) is 0 Å². The Morgan fingerprint density at radius 1 is 1.53 bits per heavy atom. The highest BCUT2D eigenvalue weighted by Gasteiger charge is 2.21. The number of imide groups is 1. The first-order chi connectivity index (χ1) is 8.82. The number of amides is 3. The van der Waals surface area contributed by atoms with Crippen LogP contribution in [0.2, 0.25) is 5.02 Å². The molecule has 0 aliphatic rings. The molecule has 3 amide bonds. The van der Waals surface area contributed by atoms with Crippen LogP contribution in [-0.2, 0) is 11.3 Å². The second-order valence-corrected chi connectivity index (χ2v) is 4.55. The minimum absolute atomic E-state index is 0.138. The molecule has 3 N–H and O–H groups in total. The molecule has 104 valence electrons. The number of urea groups is 1. The van der Waals surface area contributed by atoms with Crippen LogP contribution in [0.3, 0.4) is 0 Å². The largest absolute Gasteiger partial charge is 0.351 e. The number of likely N-dealkylation sites (N-methyl/N-ethyl adjacent to an activating group) is 1. The van der Waals surface area contributed by atoms with E-state index in [-0.39, 0.29) is 11.6 Å². The minimum atomic E-state index is -0.922. The molecule has 5 nitrogen and oxygen atoms in total. The Kier molecular flexibility index (Phi) is 5.26. The maximum absolute atomic E-state index is 13.6. The lowest BCUT2D eigenvalue weighted by molar-refractivity contribution is -0.124. The van der Waals surface area contributed by atoms with Gasteiger partial charge in [0.25, 0.3) is 0 Å². The molecule has 19 heavy (non-hydrogen) atoms. The van der Waals surface area contributed by atoms with E-state index in [1.54, 1.807) is 24.9 Å². The highest BCUT2D eigenvalue weighted by Crippen LogP contribution is 2.20. The molecule has 0 fully saturated rings. The van der Waals surface area contributed by atoms with Crippen LogP contribution in [0.1, 0.15) is 12.5 Å². The van der Waals surface area contributed by atoms with Crippen LogP contribution in [0, 0.1) is 5.82 Å². The van der Waals surface area contributed by atoms with Gasteiger partial charge in [0.1, 0.15) is 5.82 Å². The normalized spacial score (nSPS) is 12.3. The third-order valence-electron chi connectivity index (χ3n) is 2.76. The number of halogens is 2. The molecular weight excluding hydrogens is 273 g/mol. The molecule has 0 radical (unpaired) electrons. The molecule has 0 bridgehead atoms. The van der Waals surface area contributed by atoms with Crippen LogP contribution >= 0.6 is 11.6 Å². The summed E-state index contributed by atoms with van der Waals surface area (Å²) in [5, 5.41) is 2.26. The van der Waals surface area contributed by atoms with Gasteiger partial charge in [-0.05, 0) is 26.1 Å². The molecule has 1 atom stereocenters. The molecule has 0 heterocycles. The summed E-state index contributed by atoms with van der Waals surface area (Å²) in [4.78, 5) is 23.7. The van der Waals surface area contributed by atoms with Crippen molar-refractivity contribution in [3.05, 3.63) is 34.6 Å². The third kappa shape index (κ3) is 4.18. The maximum Gasteiger partial charge on any atom is 0.318 e. The monoisotopic (exact) mass is 287 g/mol. The van der Waals surface area contributed by atoms with Gasteiger partial charge in [-0.3, -0.25) is 15.0 Å². The van der Waals surface area contributed by atoms with E-state index < -0.39 is 23.8 Å². The van der Waals surface area contributed by atoms with Crippen molar-refractivity contribution in [3.63, 3.8) is 0 Å². The summed E-state index contributed by atoms with van der Waals surface area (Å²) < 4.78 is 13.6. The summed E-state index contributed by atoms with van der Waals surface area (Å²) in [5.41, 5.74) is 5.16. The summed E-state index contributed by atoms with van der Waals surface area (Å²) in [6, 6.07) is 2.80. The van der Waals surface area contributed by atoms with Crippen molar-refractivity contribution in [2.45, 2.75) is 19.5 Å². The number of carbonyl (C=O) groups is 2. The van der Waals surface area contributed by atoms with E-state index in [4.69, 9.17) is 17.3 Å². The van der Waals surface area contributed by atoms with Gasteiger partial charge in [-0.1, -0.05) is 17.7 Å². The Balaban J connectivity index is 2.76. The molecule has 7 heteroatoms. The van der Waals surface area contributed by atoms with Crippen LogP contribution < -0.4 is 11.1 Å². The van der Waals surface area contributed by atoms with Crippen LogP contribution in [-0.4, -0.2) is 29.9 Å². The van der Waals surface area contributed by atoms with Crippen LogP contribution in [0.4, 0.5) is 9.18 Å². The molecule has 0 saturated heterocycles. The molecule has 0 aliphatic carbocycles. The van der Waals surface area contributed by atoms with Gasteiger partial charge in [-0.25, -0.2) is 9.18 Å². The predicted molar refractivity (Wildman–Crippen MR) is 70.1 cm³/mol. The minimum Gasteiger partial charge on any atom is -0.351 e. The Hall–Kier alpha value is -1.66. The van der Waals surface area contributed by atoms with Crippen LogP contribution in [0.5, 0.6) is 0 Å². The first-order valence-corrected chi connectivity index (χ1v) is 5.94. The molecule has 0 aliphatic heterocycles. The average Bonchev–Trinajstić information content (AvgIpc) is 2.32. The standard InChI is InChI=1S/C12H15ClFN3O2/c1-7(11(18)16-12(15)19)17(2)6-8-9(13)4-3-5-10(8)14/h3-5,7H,6H2,1-2H3,(H3,15,16,18,19)/t7-/m1/s1. The quantitative estimate of drug-likeness (QED) is 0.881. The number of primary amides is 1. The SMILES string of the molecule is C[C@H](C(=O)NC(N)=O)N(C)Cc1c(F)cccc1Cl. The summed E-state index contributed by atoms with van der Waals surface area (Å²) >= 11 is 5.90. The molecule has 0 unspecified atom stereocenters. The van der Waals surface area contributed by atoms with Gasteiger partial charge in [0, 0.05) is 17.1 Å². The third-order valence-corrected chi connectivity index (χ3v) is 3.11. The molecule has 0 aromatic heterocycles. The molecule has 1 rings (SSSR count). The van der Waals surface area contributed by atoms with Gasteiger partial charge >= 0.3 is 6.03 Å². The molecular formula is C12H15ClFN3O2. The lowest BCUT2D eigenvalue weighted by Crippen LogP contribution is -2.46. The van der Waals surface area contributed by atoms with Gasteiger partial charge < -0.3 is 5.73 Å². The van der Waals surface area contributed by atoms with E-state index >= 15 is 0 Å². The van der Waals surface area contributed by atoms with Gasteiger partial charge in [0.2, 0.25) is 5.91 Å². The van der Waals surface area contributed by atoms with E-state index in [1.807, 2.05) is 5.32 Å². The number of benzene rings is 1. The number of nitrogens with two attached hydrogens (primary N) is 1. The van der Waals surface area contributed by atoms with Crippen molar-refractivity contribution in [2.24, 2.45) is 5.73 Å². The smallest absolute Gasteiger partial charge is 0.318 e. The lowest BCUT2D eigenvalue weighted by Gasteiger charge is -2.23. The fourth-order valence-corrected chi connectivity index (χ4v) is 1.72. The second kappa shape index (κ2) is 6.49. The van der Waals surface area contributed by atoms with E-state index in [0.29, 0.717) is 5.56 Å². The maximum atomic E-state index is 13.6. The Bertz CT molecular complexity index is 476. The predicted octanol–water partition coefficient (Wildman–Crippen LogP) is 1.49. The zero-order chi connectivity index (χ0) is 14.6. The first kappa shape index (κ1) is 15.4. The molecule has 1 aromatic rings. The zero-order valence-electron chi connectivity index (χ0n) is 10.6. The van der Waals surface area contributed by atoms with E-state index in [0.717, 1.165) is 0 Å². The average molecular weight is 288 g/mol. The summed E-state index contributed by atoms with van der Waals surface area (Å²) in [6.45, 7) is 1.71. The number of hydrogen-bond acceptors (Lipinski definition) is 3. The summed E-state index contributed by atoms with van der Waals surface area (Å²) in [6.07, 6.45) is 0. The van der Waals surface area contributed by atoms with Crippen LogP contribution in [0.25, 0.3) is 0 Å². The second-order valence-electron chi connectivity index (χ2n) is 4.14. The first-order valence-electron chi connectivity index (χ1n) is 5.56. The number of nitrogens with one attached hydrogen (secondary N) is 1. The number of carbonyl (C=O) groups excluding carboxylic acids is 2. The summed E-state index contributed by atoms with van der Waals surface area (Å²) in [5.74, 6) is -0.996. The van der Waals surface area contributed by atoms with E-state index in [9.17, 15) is 14.0 Å². The van der Waals surface area contributed by atoms with Crippen molar-refractivity contribution in [3.8, 4) is 0 Å². The Morgan fingerprint density at radius 3 is 2.68 bits per heavy atom. The van der Waals surface area contributed by atoms with E-state index in [2.05, 4.69) is 0 Å². The van der Waals surface area contributed by atoms with Gasteiger partial charge in [-0.2, -0.15) is 0 Å². The van der Waals surface area contributed by atoms with Gasteiger partial charge in [0.15, 0.2) is 0 Å². The van der Waals surface area contributed by atoms with Crippen molar-refractivity contribution in [1.82, 2.24) is 10.2 Å². The van der Waals surface area contributed by atoms with Crippen molar-refractivity contribution in [2.75, 3.05) is 7.05 Å². The Morgan fingerprint density at radius 2 is 2.16 bits per heavy atom. The highest BCUT2D eigenvalue weighted by molar-refractivity contribution is 6.31. The fraction of sp³-hybridized carbons (Fsp3) is 0.333. The van der Waals surface area contributed by atoms with Crippen molar-refractivity contribution < 1.29 is 14.0 Å². The molecule has 0 spiro atoms. The Labute approximate surface area is 115 Å². The number of rotatable bonds is 4. The topological polar surface area (TPSA) is 75.4 Å². The van der Waals surface area contributed by atoms with Crippen LogP contribution in [0.15, 0.2) is 18.2 Å². The van der Waals surface area contributed by atoms with Gasteiger partial charge in [0.05, 0.1) is 6.04 Å². The lowest BCUT2D eigenvalue weighted by atomic mass is 10.1. The highest BCUT2D eigenvalue weighted by atomic mass is 35.5. The number of hydrogen-bond donors (Lipinski definition) is 2. The van der Waals surface area contributed by atoms with Crippen molar-refractivity contribution >= 4 is 23.5 Å². The number of nitrogens with zero attached hydrogens (tertiary/aromatic N) is 1. The van der Waals surface area contributed by atoms with E-state index in [1.165, 1.54) is 12.1 Å².